The van der Waals surface area contributed by atoms with E-state index in [0.717, 1.165) is 6.16 Å². The fourth-order valence-electron chi connectivity index (χ4n) is 4.76. The number of rotatable bonds is 6. The molecule has 0 aliphatic heterocycles. The zero-order valence-electron chi connectivity index (χ0n) is 18.9. The molecule has 0 N–H and O–H groups in total. The minimum Gasteiger partial charge on any atom is -0.0622 e. The van der Waals surface area contributed by atoms with Crippen LogP contribution in [0.2, 0.25) is 0 Å². The second-order valence-corrected chi connectivity index (χ2v) is 12.1. The van der Waals surface area contributed by atoms with Crippen LogP contribution in [-0.4, -0.2) is 6.16 Å². The third kappa shape index (κ3) is 4.15. The van der Waals surface area contributed by atoms with Gasteiger partial charge >= 0.3 is 0 Å². The molecule has 5 aromatic rings. The molecule has 0 atom stereocenters. The van der Waals surface area contributed by atoms with Gasteiger partial charge in [-0.1, -0.05) is 103 Å². The smallest absolute Gasteiger partial charge is 0.0622 e. The van der Waals surface area contributed by atoms with Gasteiger partial charge in [-0.2, -0.15) is 0 Å². The van der Waals surface area contributed by atoms with Crippen molar-refractivity contribution >= 4 is 23.2 Å². The zero-order valence-corrected chi connectivity index (χ0v) is 19.8. The largest absolute Gasteiger partial charge is 0.111 e. The molecule has 0 fully saturated rings. The van der Waals surface area contributed by atoms with E-state index in [1.54, 1.807) is 0 Å². The predicted octanol–water partition coefficient (Wildman–Crippen LogP) is 7.33. The van der Waals surface area contributed by atoms with Crippen molar-refractivity contribution in [1.29, 1.82) is 0 Å². The molecule has 0 amide bonds. The SMILES string of the molecule is CC[P+](c1ccccc1)(c1ccc(-c2ccccc2)cc1)c1ccc(-c2ccccc2)cc1. The summed E-state index contributed by atoms with van der Waals surface area (Å²) in [6.07, 6.45) is 1.09. The van der Waals surface area contributed by atoms with Gasteiger partial charge in [0, 0.05) is 0 Å². The predicted molar refractivity (Wildman–Crippen MR) is 147 cm³/mol. The lowest BCUT2D eigenvalue weighted by molar-refractivity contribution is 1.48. The van der Waals surface area contributed by atoms with Gasteiger partial charge in [0.25, 0.3) is 0 Å². The fourth-order valence-corrected chi connectivity index (χ4v) is 8.74. The monoisotopic (exact) mass is 443 g/mol. The highest BCUT2D eigenvalue weighted by Gasteiger charge is 2.43. The normalized spacial score (nSPS) is 11.3. The molecular formula is C32H28P+. The van der Waals surface area contributed by atoms with Crippen molar-refractivity contribution in [2.75, 3.05) is 6.16 Å². The highest BCUT2D eigenvalue weighted by molar-refractivity contribution is 7.95. The van der Waals surface area contributed by atoms with Crippen molar-refractivity contribution < 1.29 is 0 Å². The Hall–Kier alpha value is -3.47. The standard InChI is InChI=1S/C32H28P/c1-2-33(30-16-10-5-11-17-30,31-22-18-28(19-23-31)26-12-6-3-7-13-26)32-24-20-29(21-25-32)27-14-8-4-9-15-27/h3-25H,2H2,1H3/q+1. The van der Waals surface area contributed by atoms with Gasteiger partial charge in [-0.25, -0.2) is 0 Å². The van der Waals surface area contributed by atoms with Crippen LogP contribution in [0.1, 0.15) is 6.92 Å². The van der Waals surface area contributed by atoms with Crippen LogP contribution in [0.5, 0.6) is 0 Å². The van der Waals surface area contributed by atoms with Gasteiger partial charge in [-0.15, -0.1) is 0 Å². The molecule has 0 aliphatic rings. The molecule has 0 heterocycles. The Morgan fingerprint density at radius 2 is 0.667 bits per heavy atom. The van der Waals surface area contributed by atoms with Crippen molar-refractivity contribution in [3.8, 4) is 22.3 Å². The maximum absolute atomic E-state index is 2.36. The summed E-state index contributed by atoms with van der Waals surface area (Å²) in [4.78, 5) is 0. The summed E-state index contributed by atoms with van der Waals surface area (Å²) in [6, 6.07) is 50.9. The first-order valence-corrected chi connectivity index (χ1v) is 13.5. The summed E-state index contributed by atoms with van der Waals surface area (Å²) in [5.74, 6) is 0. The lowest BCUT2D eigenvalue weighted by atomic mass is 10.1. The van der Waals surface area contributed by atoms with Crippen molar-refractivity contribution in [1.82, 2.24) is 0 Å². The summed E-state index contributed by atoms with van der Waals surface area (Å²) in [5, 5.41) is 4.30. The molecule has 0 spiro atoms. The van der Waals surface area contributed by atoms with Crippen LogP contribution < -0.4 is 15.9 Å². The van der Waals surface area contributed by atoms with Crippen molar-refractivity contribution in [2.24, 2.45) is 0 Å². The first kappa shape index (κ1) is 21.4. The van der Waals surface area contributed by atoms with Crippen LogP contribution in [0.15, 0.2) is 140 Å². The van der Waals surface area contributed by atoms with E-state index in [1.807, 2.05) is 0 Å². The molecule has 33 heavy (non-hydrogen) atoms. The molecule has 5 rings (SSSR count). The highest BCUT2D eigenvalue weighted by atomic mass is 31.2. The van der Waals surface area contributed by atoms with Crippen LogP contribution in [0.3, 0.4) is 0 Å². The summed E-state index contributed by atoms with van der Waals surface area (Å²) in [7, 11) is -1.76. The third-order valence-electron chi connectivity index (χ3n) is 6.50. The molecule has 0 radical (unpaired) electrons. The second-order valence-electron chi connectivity index (χ2n) is 8.29. The van der Waals surface area contributed by atoms with Crippen LogP contribution in [0, 0.1) is 0 Å². The van der Waals surface area contributed by atoms with E-state index in [2.05, 4.69) is 146 Å². The molecular weight excluding hydrogens is 415 g/mol. The summed E-state index contributed by atoms with van der Waals surface area (Å²) < 4.78 is 0. The minimum absolute atomic E-state index is 1.09. The van der Waals surface area contributed by atoms with Crippen molar-refractivity contribution in [3.05, 3.63) is 140 Å². The van der Waals surface area contributed by atoms with Gasteiger partial charge in [-0.05, 0) is 65.6 Å². The van der Waals surface area contributed by atoms with E-state index >= 15 is 0 Å². The molecule has 0 aromatic heterocycles. The molecule has 0 bridgehead atoms. The van der Waals surface area contributed by atoms with E-state index in [0.29, 0.717) is 0 Å². The van der Waals surface area contributed by atoms with E-state index in [-0.39, 0.29) is 0 Å². The number of benzene rings is 5. The molecule has 0 saturated heterocycles. The molecule has 0 unspecified atom stereocenters. The average molecular weight is 444 g/mol. The van der Waals surface area contributed by atoms with Crippen LogP contribution in [0.25, 0.3) is 22.3 Å². The van der Waals surface area contributed by atoms with Crippen LogP contribution in [-0.2, 0) is 0 Å². The average Bonchev–Trinajstić information content (AvgIpc) is 2.92. The second kappa shape index (κ2) is 9.57. The first-order valence-electron chi connectivity index (χ1n) is 11.6. The van der Waals surface area contributed by atoms with E-state index in [4.69, 9.17) is 0 Å². The quantitative estimate of drug-likeness (QED) is 0.241. The zero-order chi connectivity index (χ0) is 22.5. The van der Waals surface area contributed by atoms with Crippen LogP contribution in [0.4, 0.5) is 0 Å². The van der Waals surface area contributed by atoms with Crippen molar-refractivity contribution in [2.45, 2.75) is 6.92 Å². The van der Waals surface area contributed by atoms with Crippen molar-refractivity contribution in [3.63, 3.8) is 0 Å². The van der Waals surface area contributed by atoms with Gasteiger partial charge in [0.2, 0.25) is 0 Å². The Balaban J connectivity index is 1.62. The van der Waals surface area contributed by atoms with Gasteiger partial charge in [0.1, 0.15) is 23.2 Å². The molecule has 1 heteroatoms. The van der Waals surface area contributed by atoms with E-state index in [1.165, 1.54) is 38.2 Å². The maximum atomic E-state index is 2.36. The highest BCUT2D eigenvalue weighted by Crippen LogP contribution is 2.55. The summed E-state index contributed by atoms with van der Waals surface area (Å²) in [5.41, 5.74) is 5.05. The van der Waals surface area contributed by atoms with Gasteiger partial charge in [0.15, 0.2) is 0 Å². The Kier molecular flexibility index (Phi) is 6.20. The Labute approximate surface area is 197 Å². The topological polar surface area (TPSA) is 0 Å². The Morgan fingerprint density at radius 1 is 0.364 bits per heavy atom. The number of hydrogen-bond acceptors (Lipinski definition) is 0. The summed E-state index contributed by atoms with van der Waals surface area (Å²) in [6.45, 7) is 2.34. The van der Waals surface area contributed by atoms with E-state index in [9.17, 15) is 0 Å². The summed E-state index contributed by atoms with van der Waals surface area (Å²) >= 11 is 0. The first-order chi connectivity index (χ1) is 16.3. The van der Waals surface area contributed by atoms with Gasteiger partial charge in [0.05, 0.1) is 6.16 Å². The minimum atomic E-state index is -1.76. The lowest BCUT2D eigenvalue weighted by Gasteiger charge is -2.26. The lowest BCUT2D eigenvalue weighted by Crippen LogP contribution is -2.32. The molecule has 5 aromatic carbocycles. The third-order valence-corrected chi connectivity index (χ3v) is 11.0. The van der Waals surface area contributed by atoms with Crippen LogP contribution >= 0.6 is 7.26 Å². The maximum Gasteiger partial charge on any atom is 0.111 e. The fraction of sp³-hybridized carbons (Fsp3) is 0.0625. The van der Waals surface area contributed by atoms with Gasteiger partial charge < -0.3 is 0 Å². The Morgan fingerprint density at radius 3 is 1.03 bits per heavy atom. The molecule has 0 aliphatic carbocycles. The number of hydrogen-bond donors (Lipinski definition) is 0. The van der Waals surface area contributed by atoms with E-state index < -0.39 is 7.26 Å². The Bertz CT molecular complexity index is 1210. The molecule has 0 nitrogen and oxygen atoms in total. The molecule has 0 saturated carbocycles. The van der Waals surface area contributed by atoms with Gasteiger partial charge in [-0.3, -0.25) is 0 Å². The molecule has 160 valence electrons.